The van der Waals surface area contributed by atoms with Crippen molar-refractivity contribution >= 4 is 28.2 Å². The minimum atomic E-state index is -0.0586. The van der Waals surface area contributed by atoms with Gasteiger partial charge in [0.25, 0.3) is 0 Å². The number of hydrogen-bond donors (Lipinski definition) is 1. The molecule has 3 heterocycles. The molecule has 1 aliphatic heterocycles. The molecule has 1 amide bonds. The predicted octanol–water partition coefficient (Wildman–Crippen LogP) is 1.09. The fourth-order valence-electron chi connectivity index (χ4n) is 2.53. The third-order valence-electron chi connectivity index (χ3n) is 3.67. The fourth-order valence-corrected chi connectivity index (χ4v) is 2.99. The van der Waals surface area contributed by atoms with Gasteiger partial charge in [0.1, 0.15) is 11.3 Å². The Labute approximate surface area is 144 Å². The second-order valence-electron chi connectivity index (χ2n) is 5.32. The molecule has 0 atom stereocenters. The van der Waals surface area contributed by atoms with Crippen LogP contribution in [0.2, 0.25) is 0 Å². The number of ether oxygens (including phenoxy) is 1. The highest BCUT2D eigenvalue weighted by Crippen LogP contribution is 2.17. The van der Waals surface area contributed by atoms with E-state index >= 15 is 0 Å². The first kappa shape index (κ1) is 16.6. The Morgan fingerprint density at radius 3 is 2.88 bits per heavy atom. The second-order valence-corrected chi connectivity index (χ2v) is 6.16. The maximum Gasteiger partial charge on any atom is 0.240 e. The minimum Gasteiger partial charge on any atom is -0.478 e. The zero-order valence-electron chi connectivity index (χ0n) is 13.5. The van der Waals surface area contributed by atoms with Gasteiger partial charge in [-0.1, -0.05) is 17.4 Å². The maximum atomic E-state index is 12.0. The van der Waals surface area contributed by atoms with Gasteiger partial charge in [-0.2, -0.15) is 4.98 Å². The summed E-state index contributed by atoms with van der Waals surface area (Å²) in [5.74, 6) is 1.50. The monoisotopic (exact) mass is 348 g/mol. The molecule has 1 aliphatic rings. The number of nitrogens with one attached hydrogen (secondary N) is 1. The van der Waals surface area contributed by atoms with E-state index in [9.17, 15) is 4.79 Å². The molecule has 0 spiro atoms. The van der Waals surface area contributed by atoms with Gasteiger partial charge in [0.05, 0.1) is 13.2 Å². The molecule has 8 nitrogen and oxygen atoms in total. The fraction of sp³-hybridized carbons (Fsp3) is 0.467. The normalized spacial score (nSPS) is 15.3. The Morgan fingerprint density at radius 1 is 1.33 bits per heavy atom. The summed E-state index contributed by atoms with van der Waals surface area (Å²) in [7, 11) is 0. The molecular weight excluding hydrogens is 328 g/mol. The first-order valence-electron chi connectivity index (χ1n) is 7.88. The van der Waals surface area contributed by atoms with Crippen LogP contribution in [0.1, 0.15) is 6.92 Å². The molecule has 0 bridgehead atoms. The zero-order valence-corrected chi connectivity index (χ0v) is 14.3. The molecule has 0 saturated carbocycles. The molecule has 1 N–H and O–H groups in total. The van der Waals surface area contributed by atoms with Gasteiger partial charge in [-0.25, -0.2) is 0 Å². The number of piperazine rings is 1. The van der Waals surface area contributed by atoms with Crippen LogP contribution in [0.5, 0.6) is 5.88 Å². The summed E-state index contributed by atoms with van der Waals surface area (Å²) in [6, 6.07) is 5.80. The quantitative estimate of drug-likeness (QED) is 0.836. The van der Waals surface area contributed by atoms with Gasteiger partial charge in [0.15, 0.2) is 0 Å². The molecule has 0 radical (unpaired) electrons. The number of aromatic nitrogens is 3. The van der Waals surface area contributed by atoms with Gasteiger partial charge in [-0.3, -0.25) is 15.0 Å². The highest BCUT2D eigenvalue weighted by atomic mass is 32.1. The molecule has 24 heavy (non-hydrogen) atoms. The van der Waals surface area contributed by atoms with E-state index in [1.54, 1.807) is 5.51 Å². The first-order valence-corrected chi connectivity index (χ1v) is 8.75. The van der Waals surface area contributed by atoms with Crippen molar-refractivity contribution in [2.75, 3.05) is 49.5 Å². The van der Waals surface area contributed by atoms with E-state index in [0.717, 1.165) is 32.0 Å². The summed E-state index contributed by atoms with van der Waals surface area (Å²) in [5, 5.41) is 10.8. The number of carbonyl (C=O) groups is 1. The van der Waals surface area contributed by atoms with Gasteiger partial charge in [0.2, 0.25) is 16.9 Å². The summed E-state index contributed by atoms with van der Waals surface area (Å²) < 4.78 is 5.45. The maximum absolute atomic E-state index is 12.0. The number of amides is 1. The predicted molar refractivity (Wildman–Crippen MR) is 92.6 cm³/mol. The molecular formula is C15H20N6O2S. The molecule has 0 aliphatic carbocycles. The third-order valence-corrected chi connectivity index (χ3v) is 4.28. The van der Waals surface area contributed by atoms with Crippen molar-refractivity contribution in [1.82, 2.24) is 20.1 Å². The Bertz CT molecular complexity index is 658. The summed E-state index contributed by atoms with van der Waals surface area (Å²) in [5.41, 5.74) is 1.59. The van der Waals surface area contributed by atoms with E-state index in [1.807, 2.05) is 25.1 Å². The van der Waals surface area contributed by atoms with Crippen molar-refractivity contribution in [2.45, 2.75) is 6.92 Å². The van der Waals surface area contributed by atoms with Gasteiger partial charge < -0.3 is 9.64 Å². The van der Waals surface area contributed by atoms with E-state index in [2.05, 4.69) is 30.3 Å². The number of anilines is 2. The summed E-state index contributed by atoms with van der Waals surface area (Å²) in [6.07, 6.45) is 0. The van der Waals surface area contributed by atoms with Crippen molar-refractivity contribution in [3.8, 4) is 5.88 Å². The SMILES string of the molecule is CCOc1cccc(N2CCN(CC(=O)Nc3nncs3)CC2)n1. The van der Waals surface area contributed by atoms with Crippen molar-refractivity contribution < 1.29 is 9.53 Å². The number of hydrogen-bond acceptors (Lipinski definition) is 8. The van der Waals surface area contributed by atoms with Crippen LogP contribution in [0.3, 0.4) is 0 Å². The lowest BCUT2D eigenvalue weighted by Crippen LogP contribution is -2.48. The van der Waals surface area contributed by atoms with E-state index in [4.69, 9.17) is 4.74 Å². The van der Waals surface area contributed by atoms with Crippen LogP contribution < -0.4 is 15.0 Å². The van der Waals surface area contributed by atoms with Crippen molar-refractivity contribution in [2.24, 2.45) is 0 Å². The van der Waals surface area contributed by atoms with Gasteiger partial charge in [-0.15, -0.1) is 10.2 Å². The van der Waals surface area contributed by atoms with E-state index in [1.165, 1.54) is 11.3 Å². The average molecular weight is 348 g/mol. The highest BCUT2D eigenvalue weighted by Gasteiger charge is 2.20. The molecule has 128 valence electrons. The standard InChI is InChI=1S/C15H20N6O2S/c1-2-23-14-5-3-4-12(17-14)21-8-6-20(7-9-21)10-13(22)18-15-19-16-11-24-15/h3-5,11H,2,6-10H2,1H3,(H,18,19,22). The molecule has 2 aromatic rings. The summed E-state index contributed by atoms with van der Waals surface area (Å²) in [4.78, 5) is 20.8. The second kappa shape index (κ2) is 8.02. The highest BCUT2D eigenvalue weighted by molar-refractivity contribution is 7.13. The van der Waals surface area contributed by atoms with Crippen LogP contribution in [0.4, 0.5) is 10.9 Å². The van der Waals surface area contributed by atoms with Crippen molar-refractivity contribution in [3.05, 3.63) is 23.7 Å². The lowest BCUT2D eigenvalue weighted by molar-refractivity contribution is -0.117. The number of pyridine rings is 1. The molecule has 0 unspecified atom stereocenters. The van der Waals surface area contributed by atoms with Gasteiger partial charge >= 0.3 is 0 Å². The Hall–Kier alpha value is -2.26. The van der Waals surface area contributed by atoms with Crippen LogP contribution in [0.15, 0.2) is 23.7 Å². The lowest BCUT2D eigenvalue weighted by Gasteiger charge is -2.35. The average Bonchev–Trinajstić information content (AvgIpc) is 3.09. The smallest absolute Gasteiger partial charge is 0.240 e. The Morgan fingerprint density at radius 2 is 2.17 bits per heavy atom. The number of rotatable bonds is 6. The third kappa shape index (κ3) is 4.39. The van der Waals surface area contributed by atoms with Gasteiger partial charge in [-0.05, 0) is 13.0 Å². The zero-order chi connectivity index (χ0) is 16.8. The van der Waals surface area contributed by atoms with E-state index < -0.39 is 0 Å². The van der Waals surface area contributed by atoms with Gasteiger partial charge in [0, 0.05) is 32.2 Å². The molecule has 2 aromatic heterocycles. The summed E-state index contributed by atoms with van der Waals surface area (Å²) in [6.45, 7) is 6.19. The molecule has 1 fully saturated rings. The van der Waals surface area contributed by atoms with Crippen LogP contribution in [-0.2, 0) is 4.79 Å². The lowest BCUT2D eigenvalue weighted by atomic mass is 10.3. The van der Waals surface area contributed by atoms with E-state index in [0.29, 0.717) is 24.2 Å². The molecule has 3 rings (SSSR count). The molecule has 1 saturated heterocycles. The van der Waals surface area contributed by atoms with Crippen LogP contribution >= 0.6 is 11.3 Å². The van der Waals surface area contributed by atoms with Crippen LogP contribution in [0, 0.1) is 0 Å². The molecule has 0 aromatic carbocycles. The number of nitrogens with zero attached hydrogens (tertiary/aromatic N) is 5. The van der Waals surface area contributed by atoms with Crippen LogP contribution in [0.25, 0.3) is 0 Å². The van der Waals surface area contributed by atoms with Crippen molar-refractivity contribution in [1.29, 1.82) is 0 Å². The number of carbonyl (C=O) groups excluding carboxylic acids is 1. The molecule has 9 heteroatoms. The largest absolute Gasteiger partial charge is 0.478 e. The van der Waals surface area contributed by atoms with Crippen molar-refractivity contribution in [3.63, 3.8) is 0 Å². The topological polar surface area (TPSA) is 83.5 Å². The Balaban J connectivity index is 1.48. The summed E-state index contributed by atoms with van der Waals surface area (Å²) >= 11 is 1.32. The first-order chi connectivity index (χ1) is 11.7. The van der Waals surface area contributed by atoms with Crippen LogP contribution in [-0.4, -0.2) is 65.3 Å². The Kier molecular flexibility index (Phi) is 5.55. The van der Waals surface area contributed by atoms with E-state index in [-0.39, 0.29) is 5.91 Å². The minimum absolute atomic E-state index is 0.0586.